The van der Waals surface area contributed by atoms with E-state index in [0.29, 0.717) is 0 Å². The summed E-state index contributed by atoms with van der Waals surface area (Å²) in [6.07, 6.45) is 0. The molecule has 3 N–H and O–H groups in total. The van der Waals surface area contributed by atoms with Gasteiger partial charge < -0.3 is 14.9 Å². The molecule has 6 nitrogen and oxygen atoms in total. The molecule has 1 aliphatic heterocycles. The van der Waals surface area contributed by atoms with Gasteiger partial charge in [0.2, 0.25) is 5.72 Å². The van der Waals surface area contributed by atoms with Crippen LogP contribution in [-0.2, 0) is 4.74 Å². The summed E-state index contributed by atoms with van der Waals surface area (Å²) in [6.45, 7) is 4.27. The molecule has 1 fully saturated rings. The van der Waals surface area contributed by atoms with Crippen molar-refractivity contribution in [2.75, 3.05) is 20.6 Å². The number of aliphatic hydroxyl groups excluding tert-OH is 2. The van der Waals surface area contributed by atoms with E-state index in [2.05, 4.69) is 5.32 Å². The first-order valence-electron chi connectivity index (χ1n) is 4.78. The largest absolute Gasteiger partial charge is 0.423 e. The Morgan fingerprint density at radius 3 is 2.07 bits per heavy atom. The van der Waals surface area contributed by atoms with Crippen molar-refractivity contribution < 1.29 is 24.2 Å². The maximum absolute atomic E-state index is 11.8. The summed E-state index contributed by atoms with van der Waals surface area (Å²) >= 11 is 0. The van der Waals surface area contributed by atoms with Crippen molar-refractivity contribution in [3.63, 3.8) is 0 Å². The zero-order chi connectivity index (χ0) is 11.9. The van der Waals surface area contributed by atoms with Crippen molar-refractivity contribution >= 4 is 6.03 Å². The molecule has 88 valence electrons. The van der Waals surface area contributed by atoms with Gasteiger partial charge >= 0.3 is 6.03 Å². The van der Waals surface area contributed by atoms with Gasteiger partial charge in [0.25, 0.3) is 0 Å². The zero-order valence-corrected chi connectivity index (χ0v) is 9.57. The van der Waals surface area contributed by atoms with Crippen molar-refractivity contribution in [3.05, 3.63) is 0 Å². The molecule has 0 spiro atoms. The van der Waals surface area contributed by atoms with E-state index in [-0.39, 0.29) is 0 Å². The Balaban J connectivity index is 3.32. The number of methoxy groups -OCH3 is 1. The van der Waals surface area contributed by atoms with Crippen molar-refractivity contribution in [2.24, 2.45) is 0 Å². The van der Waals surface area contributed by atoms with Gasteiger partial charge in [0.1, 0.15) is 5.54 Å². The van der Waals surface area contributed by atoms with Crippen LogP contribution in [-0.4, -0.2) is 52.6 Å². The van der Waals surface area contributed by atoms with Crippen LogP contribution in [0.15, 0.2) is 0 Å². The van der Waals surface area contributed by atoms with Gasteiger partial charge in [0.05, 0.1) is 0 Å². The van der Waals surface area contributed by atoms with E-state index < -0.39 is 35.2 Å². The molecule has 0 aliphatic carbocycles. The van der Waals surface area contributed by atoms with Gasteiger partial charge in [0, 0.05) is 14.0 Å². The second-order valence-electron chi connectivity index (χ2n) is 4.49. The fourth-order valence-corrected chi connectivity index (χ4v) is 2.09. The number of urea groups is 1. The fraction of sp³-hybridized carbons (Fsp3) is 0.889. The van der Waals surface area contributed by atoms with Crippen LogP contribution in [0.4, 0.5) is 4.79 Å². The fourth-order valence-electron chi connectivity index (χ4n) is 2.09. The highest BCUT2D eigenvalue weighted by Crippen LogP contribution is 2.40. The molecule has 6 heteroatoms. The Morgan fingerprint density at radius 1 is 1.33 bits per heavy atom. The number of quaternary nitrogens is 1. The molecule has 0 aromatic heterocycles. The number of hydrogen-bond donors (Lipinski definition) is 3. The smallest absolute Gasteiger partial charge is 0.347 e. The van der Waals surface area contributed by atoms with E-state index in [4.69, 9.17) is 4.74 Å². The van der Waals surface area contributed by atoms with E-state index in [9.17, 15) is 15.0 Å². The Hall–Kier alpha value is -0.690. The molecule has 15 heavy (non-hydrogen) atoms. The van der Waals surface area contributed by atoms with Crippen molar-refractivity contribution in [3.8, 4) is 0 Å². The van der Waals surface area contributed by atoms with Crippen LogP contribution in [0.3, 0.4) is 0 Å². The first-order chi connectivity index (χ1) is 6.81. The van der Waals surface area contributed by atoms with Crippen LogP contribution >= 0.6 is 0 Å². The lowest BCUT2D eigenvalue weighted by Gasteiger charge is -2.43. The minimum Gasteiger partial charge on any atom is -0.347 e. The summed E-state index contributed by atoms with van der Waals surface area (Å²) in [7, 11) is 1.46. The summed E-state index contributed by atoms with van der Waals surface area (Å²) < 4.78 is 4.81. The minimum atomic E-state index is -1.01. The molecule has 1 atom stereocenters. The highest BCUT2D eigenvalue weighted by atomic mass is 16.5. The lowest BCUT2D eigenvalue weighted by atomic mass is 9.92. The standard InChI is InChI=1S/C9H18N2O4/c1-8(2)9(3,15-4)11(5-12,6-13)7(14)10-8/h12-13H,5-6H2,1-4H3/p+1. The summed E-state index contributed by atoms with van der Waals surface area (Å²) in [5.41, 5.74) is -1.67. The third-order valence-electron chi connectivity index (χ3n) is 3.66. The third kappa shape index (κ3) is 1.22. The van der Waals surface area contributed by atoms with Crippen LogP contribution in [0, 0.1) is 0 Å². The lowest BCUT2D eigenvalue weighted by Crippen LogP contribution is -2.68. The molecule has 0 saturated carbocycles. The third-order valence-corrected chi connectivity index (χ3v) is 3.66. The molecule has 0 aromatic carbocycles. The number of ether oxygens (including phenoxy) is 1. The molecule has 0 bridgehead atoms. The average molecular weight is 219 g/mol. The average Bonchev–Trinajstić information content (AvgIpc) is 2.32. The predicted molar refractivity (Wildman–Crippen MR) is 52.5 cm³/mol. The monoisotopic (exact) mass is 219 g/mol. The quantitative estimate of drug-likeness (QED) is 0.563. The second-order valence-corrected chi connectivity index (χ2v) is 4.49. The number of carbonyl (C=O) groups excluding carboxylic acids is 1. The minimum absolute atomic E-state index is 0.436. The van der Waals surface area contributed by atoms with Gasteiger partial charge in [-0.05, 0) is 13.8 Å². The predicted octanol–water partition coefficient (Wildman–Crippen LogP) is -0.433. The highest BCUT2D eigenvalue weighted by molar-refractivity contribution is 5.71. The molecule has 0 radical (unpaired) electrons. The van der Waals surface area contributed by atoms with Gasteiger partial charge in [-0.2, -0.15) is 4.48 Å². The summed E-state index contributed by atoms with van der Waals surface area (Å²) in [4.78, 5) is 11.8. The molecule has 0 aromatic rings. The van der Waals surface area contributed by atoms with Crippen molar-refractivity contribution in [2.45, 2.75) is 32.0 Å². The van der Waals surface area contributed by atoms with Crippen LogP contribution < -0.4 is 5.32 Å². The topological polar surface area (TPSA) is 78.8 Å². The Kier molecular flexibility index (Phi) is 2.82. The van der Waals surface area contributed by atoms with E-state index in [1.165, 1.54) is 7.11 Å². The lowest BCUT2D eigenvalue weighted by molar-refractivity contribution is -0.953. The van der Waals surface area contributed by atoms with Gasteiger partial charge in [0.15, 0.2) is 13.5 Å². The molecular formula is C9H19N2O4+. The molecule has 1 aliphatic rings. The molecule has 1 heterocycles. The Morgan fingerprint density at radius 2 is 1.80 bits per heavy atom. The maximum Gasteiger partial charge on any atom is 0.423 e. The number of hydrogen-bond acceptors (Lipinski definition) is 4. The van der Waals surface area contributed by atoms with Gasteiger partial charge in [-0.1, -0.05) is 0 Å². The number of carbonyl (C=O) groups is 1. The SMILES string of the molecule is COC1(C)C(C)(C)NC(=O)[N+]1(CO)CO. The van der Waals surface area contributed by atoms with E-state index >= 15 is 0 Å². The summed E-state index contributed by atoms with van der Waals surface area (Å²) in [5, 5.41) is 21.4. The number of rotatable bonds is 3. The van der Waals surface area contributed by atoms with Crippen molar-refractivity contribution in [1.82, 2.24) is 5.32 Å². The summed E-state index contributed by atoms with van der Waals surface area (Å²) in [5.74, 6) is 0. The van der Waals surface area contributed by atoms with E-state index in [0.717, 1.165) is 0 Å². The Bertz CT molecular complexity index is 275. The zero-order valence-electron chi connectivity index (χ0n) is 9.57. The normalized spacial score (nSPS) is 32.8. The second kappa shape index (κ2) is 3.41. The number of aliphatic hydroxyl groups is 2. The van der Waals surface area contributed by atoms with Gasteiger partial charge in [-0.15, -0.1) is 0 Å². The molecular weight excluding hydrogens is 200 g/mol. The molecule has 1 rings (SSSR count). The van der Waals surface area contributed by atoms with E-state index in [1.54, 1.807) is 20.8 Å². The summed E-state index contributed by atoms with van der Waals surface area (Å²) in [6, 6.07) is -0.436. The van der Waals surface area contributed by atoms with Crippen molar-refractivity contribution in [1.29, 1.82) is 0 Å². The first-order valence-corrected chi connectivity index (χ1v) is 4.78. The van der Waals surface area contributed by atoms with Gasteiger partial charge in [-0.25, -0.2) is 4.79 Å². The molecule has 1 unspecified atom stereocenters. The molecule has 1 saturated heterocycles. The number of nitrogens with zero attached hydrogens (tertiary/aromatic N) is 1. The number of nitrogens with one attached hydrogen (secondary N) is 1. The molecule has 2 amide bonds. The van der Waals surface area contributed by atoms with E-state index in [1.807, 2.05) is 0 Å². The van der Waals surface area contributed by atoms with Crippen LogP contribution in [0.2, 0.25) is 0 Å². The highest BCUT2D eigenvalue weighted by Gasteiger charge is 2.69. The first kappa shape index (κ1) is 12.4. The van der Waals surface area contributed by atoms with Crippen LogP contribution in [0.25, 0.3) is 0 Å². The maximum atomic E-state index is 11.8. The van der Waals surface area contributed by atoms with Crippen LogP contribution in [0.5, 0.6) is 0 Å². The van der Waals surface area contributed by atoms with Gasteiger partial charge in [-0.3, -0.25) is 5.32 Å². The van der Waals surface area contributed by atoms with Crippen LogP contribution in [0.1, 0.15) is 20.8 Å². The number of amides is 2. The Labute approximate surface area is 89.0 Å².